The third kappa shape index (κ3) is 5.35. The van der Waals surface area contributed by atoms with Gasteiger partial charge in [0.2, 0.25) is 0 Å². The quantitative estimate of drug-likeness (QED) is 0.380. The molecule has 0 bridgehead atoms. The van der Waals surface area contributed by atoms with Crippen LogP contribution in [0.2, 0.25) is 0 Å². The highest BCUT2D eigenvalue weighted by Crippen LogP contribution is 2.36. The van der Waals surface area contributed by atoms with Crippen molar-refractivity contribution >= 4 is 11.0 Å². The molecule has 1 heterocycles. The van der Waals surface area contributed by atoms with Gasteiger partial charge in [0.1, 0.15) is 5.58 Å². The van der Waals surface area contributed by atoms with Crippen LogP contribution in [0.4, 0.5) is 13.2 Å². The van der Waals surface area contributed by atoms with Gasteiger partial charge in [0.05, 0.1) is 11.1 Å². The fraction of sp³-hybridized carbons (Fsp3) is 0.550. The minimum atomic E-state index is -4.56. The van der Waals surface area contributed by atoms with Gasteiger partial charge in [-0.05, 0) is 18.9 Å². The molecule has 0 radical (unpaired) electrons. The molecule has 0 amide bonds. The first-order valence-corrected chi connectivity index (χ1v) is 9.07. The van der Waals surface area contributed by atoms with Gasteiger partial charge in [0.15, 0.2) is 0 Å². The van der Waals surface area contributed by atoms with Crippen LogP contribution in [0, 0.1) is 0 Å². The van der Waals surface area contributed by atoms with Gasteiger partial charge >= 0.3 is 11.8 Å². The zero-order valence-electron chi connectivity index (χ0n) is 14.6. The van der Waals surface area contributed by atoms with E-state index >= 15 is 0 Å². The van der Waals surface area contributed by atoms with E-state index in [4.69, 9.17) is 4.42 Å². The Morgan fingerprint density at radius 1 is 0.920 bits per heavy atom. The van der Waals surface area contributed by atoms with Crippen molar-refractivity contribution in [3.8, 4) is 0 Å². The fourth-order valence-corrected chi connectivity index (χ4v) is 3.17. The number of hydrogen-bond acceptors (Lipinski definition) is 2. The van der Waals surface area contributed by atoms with E-state index in [2.05, 4.69) is 6.92 Å². The van der Waals surface area contributed by atoms with Gasteiger partial charge < -0.3 is 4.42 Å². The van der Waals surface area contributed by atoms with Crippen molar-refractivity contribution in [2.45, 2.75) is 70.9 Å². The molecule has 2 nitrogen and oxygen atoms in total. The third-order valence-corrected chi connectivity index (χ3v) is 4.47. The molecule has 0 saturated heterocycles. The average molecular weight is 354 g/mol. The lowest BCUT2D eigenvalue weighted by Gasteiger charge is -2.14. The number of alkyl halides is 3. The molecule has 138 valence electrons. The van der Waals surface area contributed by atoms with Gasteiger partial charge in [0.25, 0.3) is 0 Å². The van der Waals surface area contributed by atoms with Gasteiger partial charge in [0, 0.05) is 5.39 Å². The summed E-state index contributed by atoms with van der Waals surface area (Å²) < 4.78 is 45.7. The van der Waals surface area contributed by atoms with Crippen molar-refractivity contribution in [3.05, 3.63) is 45.8 Å². The Bertz CT molecular complexity index is 732. The molecule has 0 atom stereocenters. The van der Waals surface area contributed by atoms with Crippen LogP contribution < -0.4 is 5.63 Å². The molecule has 0 aliphatic rings. The molecule has 25 heavy (non-hydrogen) atoms. The molecule has 5 heteroatoms. The van der Waals surface area contributed by atoms with Crippen molar-refractivity contribution in [3.63, 3.8) is 0 Å². The normalized spacial score (nSPS) is 12.0. The van der Waals surface area contributed by atoms with Gasteiger partial charge in [-0.3, -0.25) is 0 Å². The zero-order valence-corrected chi connectivity index (χ0v) is 14.6. The van der Waals surface area contributed by atoms with Crippen LogP contribution in [0.5, 0.6) is 0 Å². The number of para-hydroxylation sites is 1. The van der Waals surface area contributed by atoms with Gasteiger partial charge in [-0.15, -0.1) is 0 Å². The highest BCUT2D eigenvalue weighted by atomic mass is 19.4. The Kier molecular flexibility index (Phi) is 7.09. The Morgan fingerprint density at radius 3 is 2.16 bits per heavy atom. The molecular weight excluding hydrogens is 329 g/mol. The van der Waals surface area contributed by atoms with E-state index in [9.17, 15) is 18.0 Å². The van der Waals surface area contributed by atoms with Crippen molar-refractivity contribution in [1.29, 1.82) is 0 Å². The number of rotatable bonds is 9. The van der Waals surface area contributed by atoms with Crippen LogP contribution in [0.25, 0.3) is 11.0 Å². The molecule has 1 aromatic carbocycles. The maximum Gasteiger partial charge on any atom is 0.417 e. The summed E-state index contributed by atoms with van der Waals surface area (Å²) in [6, 6.07) is 5.84. The van der Waals surface area contributed by atoms with Crippen LogP contribution in [-0.2, 0) is 12.6 Å². The van der Waals surface area contributed by atoms with E-state index in [1.165, 1.54) is 43.9 Å². The Labute approximate surface area is 146 Å². The zero-order chi connectivity index (χ0) is 18.3. The Balaban J connectivity index is 2.07. The maximum absolute atomic E-state index is 13.5. The molecule has 1 aromatic heterocycles. The van der Waals surface area contributed by atoms with Gasteiger partial charge in [-0.25, -0.2) is 4.79 Å². The summed E-state index contributed by atoms with van der Waals surface area (Å²) in [6.45, 7) is 2.16. The summed E-state index contributed by atoms with van der Waals surface area (Å²) in [4.78, 5) is 12.1. The average Bonchev–Trinajstić information content (AvgIpc) is 2.56. The lowest BCUT2D eigenvalue weighted by molar-refractivity contribution is -0.137. The van der Waals surface area contributed by atoms with Gasteiger partial charge in [-0.2, -0.15) is 13.2 Å². The van der Waals surface area contributed by atoms with E-state index in [1.54, 1.807) is 6.07 Å². The van der Waals surface area contributed by atoms with E-state index < -0.39 is 17.4 Å². The van der Waals surface area contributed by atoms with E-state index in [0.717, 1.165) is 19.3 Å². The molecule has 0 aliphatic heterocycles. The molecule has 0 spiro atoms. The van der Waals surface area contributed by atoms with Gasteiger partial charge in [-0.1, -0.05) is 70.1 Å². The Morgan fingerprint density at radius 2 is 1.52 bits per heavy atom. The minimum Gasteiger partial charge on any atom is -0.423 e. The van der Waals surface area contributed by atoms with Crippen LogP contribution in [0.1, 0.15) is 69.4 Å². The molecule has 2 aromatic rings. The smallest absolute Gasteiger partial charge is 0.417 e. The number of hydrogen-bond donors (Lipinski definition) is 0. The first-order chi connectivity index (χ1) is 11.9. The minimum absolute atomic E-state index is 0.0144. The number of unbranched alkanes of at least 4 members (excludes halogenated alkanes) is 7. The van der Waals surface area contributed by atoms with Crippen LogP contribution in [0.3, 0.4) is 0 Å². The lowest BCUT2D eigenvalue weighted by atomic mass is 9.98. The first kappa shape index (κ1) is 19.5. The summed E-state index contributed by atoms with van der Waals surface area (Å²) in [5, 5.41) is -0.0378. The van der Waals surface area contributed by atoms with E-state index in [0.29, 0.717) is 6.42 Å². The molecule has 0 unspecified atom stereocenters. The van der Waals surface area contributed by atoms with E-state index in [1.807, 2.05) is 0 Å². The number of benzene rings is 1. The standard InChI is InChI=1S/C20H25F3O2/c1-2-3-4-5-6-7-8-9-13-16-18(20(21,22)23)15-12-10-11-14-17(15)25-19(16)24/h10-12,14H,2-9,13H2,1H3. The predicted octanol–water partition coefficient (Wildman–Crippen LogP) is 6.50. The first-order valence-electron chi connectivity index (χ1n) is 9.07. The second-order valence-corrected chi connectivity index (χ2v) is 6.46. The maximum atomic E-state index is 13.5. The van der Waals surface area contributed by atoms with Crippen molar-refractivity contribution < 1.29 is 17.6 Å². The van der Waals surface area contributed by atoms with Crippen molar-refractivity contribution in [2.75, 3.05) is 0 Å². The molecule has 0 aliphatic carbocycles. The molecule has 2 rings (SSSR count). The summed E-state index contributed by atoms with van der Waals surface area (Å²) in [7, 11) is 0. The van der Waals surface area contributed by atoms with Crippen LogP contribution in [0.15, 0.2) is 33.5 Å². The van der Waals surface area contributed by atoms with Crippen molar-refractivity contribution in [2.24, 2.45) is 0 Å². The fourth-order valence-electron chi connectivity index (χ4n) is 3.17. The second kappa shape index (κ2) is 9.07. The predicted molar refractivity (Wildman–Crippen MR) is 93.8 cm³/mol. The molecule has 0 N–H and O–H groups in total. The summed E-state index contributed by atoms with van der Waals surface area (Å²) >= 11 is 0. The molecule has 0 saturated carbocycles. The molecule has 0 fully saturated rings. The highest BCUT2D eigenvalue weighted by molar-refractivity contribution is 5.81. The largest absolute Gasteiger partial charge is 0.423 e. The Hall–Kier alpha value is -1.78. The third-order valence-electron chi connectivity index (χ3n) is 4.47. The number of fused-ring (bicyclic) bond motifs is 1. The molecular formula is C20H25F3O2. The van der Waals surface area contributed by atoms with Crippen LogP contribution in [-0.4, -0.2) is 0 Å². The number of halogens is 3. The van der Waals surface area contributed by atoms with Crippen molar-refractivity contribution in [1.82, 2.24) is 0 Å². The van der Waals surface area contributed by atoms with Crippen LogP contribution >= 0.6 is 0 Å². The topological polar surface area (TPSA) is 30.2 Å². The summed E-state index contributed by atoms with van der Waals surface area (Å²) in [6.07, 6.45) is 3.83. The SMILES string of the molecule is CCCCCCCCCCc1c(C(F)(F)F)c2ccccc2oc1=O. The van der Waals surface area contributed by atoms with E-state index in [-0.39, 0.29) is 23.0 Å². The lowest BCUT2D eigenvalue weighted by Crippen LogP contribution is -2.19. The second-order valence-electron chi connectivity index (χ2n) is 6.46. The summed E-state index contributed by atoms with van der Waals surface area (Å²) in [5.74, 6) is 0. The highest BCUT2D eigenvalue weighted by Gasteiger charge is 2.37. The summed E-state index contributed by atoms with van der Waals surface area (Å²) in [5.41, 5.74) is -1.95. The monoisotopic (exact) mass is 354 g/mol.